The standard InChI is InChI=1S/C25H19Cl2NO4/c1-14-5-3-7-17(11-14)28-22(15-9-10-19(26)20(27)13-15)21(24(30)25(28)31)23(29)16-6-4-8-18(12-16)32-2/h3-13,22,29H,1-2H3/b23-21-. The first kappa shape index (κ1) is 21.9. The number of amides is 1. The van der Waals surface area contributed by atoms with Crippen molar-refractivity contribution in [2.45, 2.75) is 13.0 Å². The van der Waals surface area contributed by atoms with Gasteiger partial charge in [0, 0.05) is 11.3 Å². The van der Waals surface area contributed by atoms with Gasteiger partial charge in [0.05, 0.1) is 28.8 Å². The fourth-order valence-electron chi connectivity index (χ4n) is 3.80. The summed E-state index contributed by atoms with van der Waals surface area (Å²) in [6.07, 6.45) is 0. The van der Waals surface area contributed by atoms with Gasteiger partial charge in [0.25, 0.3) is 11.7 Å². The number of carbonyl (C=O) groups excluding carboxylic acids is 2. The molecule has 0 spiro atoms. The third-order valence-electron chi connectivity index (χ3n) is 5.33. The van der Waals surface area contributed by atoms with E-state index in [0.717, 1.165) is 5.56 Å². The summed E-state index contributed by atoms with van der Waals surface area (Å²) in [4.78, 5) is 27.7. The zero-order chi connectivity index (χ0) is 23.0. The van der Waals surface area contributed by atoms with Crippen LogP contribution in [0.3, 0.4) is 0 Å². The maximum atomic E-state index is 13.2. The number of anilines is 1. The number of halogens is 2. The third-order valence-corrected chi connectivity index (χ3v) is 6.07. The molecule has 1 amide bonds. The van der Waals surface area contributed by atoms with Crippen LogP contribution in [-0.4, -0.2) is 23.9 Å². The number of ether oxygens (including phenoxy) is 1. The fraction of sp³-hybridized carbons (Fsp3) is 0.120. The monoisotopic (exact) mass is 467 g/mol. The summed E-state index contributed by atoms with van der Waals surface area (Å²) >= 11 is 12.3. The van der Waals surface area contributed by atoms with E-state index in [1.807, 2.05) is 13.0 Å². The first-order valence-corrected chi connectivity index (χ1v) is 10.5. The van der Waals surface area contributed by atoms with E-state index in [9.17, 15) is 14.7 Å². The van der Waals surface area contributed by atoms with Gasteiger partial charge in [-0.25, -0.2) is 0 Å². The smallest absolute Gasteiger partial charge is 0.300 e. The Bertz CT molecular complexity index is 1270. The Morgan fingerprint density at radius 1 is 0.969 bits per heavy atom. The highest BCUT2D eigenvalue weighted by molar-refractivity contribution is 6.51. The van der Waals surface area contributed by atoms with Gasteiger partial charge in [-0.1, -0.05) is 53.5 Å². The van der Waals surface area contributed by atoms with E-state index in [1.165, 1.54) is 12.0 Å². The molecule has 0 bridgehead atoms. The number of methoxy groups -OCH3 is 1. The molecule has 1 fully saturated rings. The summed E-state index contributed by atoms with van der Waals surface area (Å²) in [5, 5.41) is 11.8. The molecule has 162 valence electrons. The highest BCUT2D eigenvalue weighted by atomic mass is 35.5. The van der Waals surface area contributed by atoms with Gasteiger partial charge in [-0.15, -0.1) is 0 Å². The molecule has 32 heavy (non-hydrogen) atoms. The topological polar surface area (TPSA) is 66.8 Å². The Kier molecular flexibility index (Phi) is 5.96. The van der Waals surface area contributed by atoms with Crippen LogP contribution in [0.15, 0.2) is 72.3 Å². The Morgan fingerprint density at radius 2 is 1.72 bits per heavy atom. The number of benzene rings is 3. The number of ketones is 1. The molecule has 0 saturated carbocycles. The van der Waals surface area contributed by atoms with Crippen LogP contribution in [-0.2, 0) is 9.59 Å². The number of aryl methyl sites for hydroxylation is 1. The van der Waals surface area contributed by atoms with Crippen LogP contribution in [0.4, 0.5) is 5.69 Å². The number of aliphatic hydroxyl groups excluding tert-OH is 1. The lowest BCUT2D eigenvalue weighted by Gasteiger charge is -2.26. The van der Waals surface area contributed by atoms with E-state index < -0.39 is 17.7 Å². The number of hydrogen-bond acceptors (Lipinski definition) is 4. The lowest BCUT2D eigenvalue weighted by atomic mass is 9.95. The van der Waals surface area contributed by atoms with Crippen LogP contribution in [0.2, 0.25) is 10.0 Å². The lowest BCUT2D eigenvalue weighted by molar-refractivity contribution is -0.132. The Labute approximate surface area is 195 Å². The van der Waals surface area contributed by atoms with E-state index in [2.05, 4.69) is 0 Å². The average Bonchev–Trinajstić information content (AvgIpc) is 3.05. The zero-order valence-electron chi connectivity index (χ0n) is 17.3. The molecule has 7 heteroatoms. The highest BCUT2D eigenvalue weighted by Gasteiger charge is 2.47. The summed E-state index contributed by atoms with van der Waals surface area (Å²) in [5.41, 5.74) is 2.32. The highest BCUT2D eigenvalue weighted by Crippen LogP contribution is 2.43. The molecule has 0 aliphatic carbocycles. The van der Waals surface area contributed by atoms with Gasteiger partial charge in [0.2, 0.25) is 0 Å². The summed E-state index contributed by atoms with van der Waals surface area (Å²) in [6, 6.07) is 17.9. The van der Waals surface area contributed by atoms with Crippen molar-refractivity contribution >= 4 is 46.3 Å². The molecule has 1 heterocycles. The number of aliphatic hydroxyl groups is 1. The number of rotatable bonds is 4. The van der Waals surface area contributed by atoms with Crippen molar-refractivity contribution < 1.29 is 19.4 Å². The van der Waals surface area contributed by atoms with Gasteiger partial charge in [-0.2, -0.15) is 0 Å². The van der Waals surface area contributed by atoms with Gasteiger partial charge in [0.1, 0.15) is 11.5 Å². The second kappa shape index (κ2) is 8.69. The van der Waals surface area contributed by atoms with Crippen LogP contribution in [0, 0.1) is 6.92 Å². The summed E-state index contributed by atoms with van der Waals surface area (Å²) in [7, 11) is 1.51. The molecule has 1 aliphatic heterocycles. The van der Waals surface area contributed by atoms with Crippen molar-refractivity contribution in [3.63, 3.8) is 0 Å². The van der Waals surface area contributed by atoms with Gasteiger partial charge >= 0.3 is 0 Å². The second-order valence-corrected chi connectivity index (χ2v) is 8.23. The van der Waals surface area contributed by atoms with Crippen molar-refractivity contribution in [1.29, 1.82) is 0 Å². The molecule has 0 radical (unpaired) electrons. The van der Waals surface area contributed by atoms with Crippen LogP contribution in [0.1, 0.15) is 22.7 Å². The molecule has 3 aromatic rings. The molecule has 1 N–H and O–H groups in total. The summed E-state index contributed by atoms with van der Waals surface area (Å²) < 4.78 is 5.23. The predicted octanol–water partition coefficient (Wildman–Crippen LogP) is 5.94. The molecule has 1 atom stereocenters. The summed E-state index contributed by atoms with van der Waals surface area (Å²) in [5.74, 6) is -1.32. The molecule has 5 nitrogen and oxygen atoms in total. The third kappa shape index (κ3) is 3.85. The van der Waals surface area contributed by atoms with Crippen molar-refractivity contribution in [1.82, 2.24) is 0 Å². The SMILES string of the molecule is COc1cccc(/C(O)=C2/C(=O)C(=O)N(c3cccc(C)c3)C2c2ccc(Cl)c(Cl)c2)c1. The van der Waals surface area contributed by atoms with Crippen LogP contribution >= 0.6 is 23.2 Å². The van der Waals surface area contributed by atoms with Crippen LogP contribution in [0.25, 0.3) is 5.76 Å². The molecular weight excluding hydrogens is 449 g/mol. The number of nitrogens with zero attached hydrogens (tertiary/aromatic N) is 1. The Morgan fingerprint density at radius 3 is 2.41 bits per heavy atom. The molecule has 1 saturated heterocycles. The maximum Gasteiger partial charge on any atom is 0.300 e. The summed E-state index contributed by atoms with van der Waals surface area (Å²) in [6.45, 7) is 1.89. The van der Waals surface area contributed by atoms with Gasteiger partial charge in [-0.05, 0) is 54.4 Å². The van der Waals surface area contributed by atoms with E-state index in [-0.39, 0.29) is 16.4 Å². The van der Waals surface area contributed by atoms with Crippen LogP contribution in [0.5, 0.6) is 5.75 Å². The predicted molar refractivity (Wildman–Crippen MR) is 125 cm³/mol. The number of Topliss-reactive ketones (excluding diaryl/α,β-unsaturated/α-hetero) is 1. The Hall–Kier alpha value is -3.28. The molecular formula is C25H19Cl2NO4. The second-order valence-electron chi connectivity index (χ2n) is 7.41. The van der Waals surface area contributed by atoms with Gasteiger partial charge in [0.15, 0.2) is 0 Å². The largest absolute Gasteiger partial charge is 0.507 e. The lowest BCUT2D eigenvalue weighted by Crippen LogP contribution is -2.29. The van der Waals surface area contributed by atoms with Crippen molar-refractivity contribution in [2.24, 2.45) is 0 Å². The molecule has 1 unspecified atom stereocenters. The van der Waals surface area contributed by atoms with Crippen LogP contribution < -0.4 is 9.64 Å². The van der Waals surface area contributed by atoms with E-state index >= 15 is 0 Å². The zero-order valence-corrected chi connectivity index (χ0v) is 18.8. The average molecular weight is 468 g/mol. The number of carbonyl (C=O) groups is 2. The fourth-order valence-corrected chi connectivity index (χ4v) is 4.11. The van der Waals surface area contributed by atoms with Crippen molar-refractivity contribution in [3.8, 4) is 5.75 Å². The molecule has 1 aliphatic rings. The van der Waals surface area contributed by atoms with E-state index in [0.29, 0.717) is 27.6 Å². The van der Waals surface area contributed by atoms with Crippen molar-refractivity contribution in [2.75, 3.05) is 12.0 Å². The maximum absolute atomic E-state index is 13.2. The Balaban J connectivity index is 1.97. The minimum absolute atomic E-state index is 0.0388. The normalized spacial score (nSPS) is 17.6. The minimum atomic E-state index is -0.891. The molecule has 0 aromatic heterocycles. The molecule has 3 aromatic carbocycles. The number of hydrogen-bond donors (Lipinski definition) is 1. The first-order valence-electron chi connectivity index (χ1n) is 9.79. The van der Waals surface area contributed by atoms with E-state index in [4.69, 9.17) is 27.9 Å². The van der Waals surface area contributed by atoms with Gasteiger partial charge in [-0.3, -0.25) is 14.5 Å². The van der Waals surface area contributed by atoms with Crippen molar-refractivity contribution in [3.05, 3.63) is 99.0 Å². The van der Waals surface area contributed by atoms with E-state index in [1.54, 1.807) is 60.7 Å². The first-order chi connectivity index (χ1) is 15.3. The quantitative estimate of drug-likeness (QED) is 0.293. The van der Waals surface area contributed by atoms with Gasteiger partial charge < -0.3 is 9.84 Å². The minimum Gasteiger partial charge on any atom is -0.507 e. The molecule has 4 rings (SSSR count).